The van der Waals surface area contributed by atoms with Gasteiger partial charge in [0.2, 0.25) is 17.7 Å². The van der Waals surface area contributed by atoms with Gasteiger partial charge in [0.25, 0.3) is 0 Å². The fourth-order valence-corrected chi connectivity index (χ4v) is 6.50. The summed E-state index contributed by atoms with van der Waals surface area (Å²) in [7, 11) is 0. The lowest BCUT2D eigenvalue weighted by Gasteiger charge is -2.37. The molecule has 0 unspecified atom stereocenters. The second kappa shape index (κ2) is 16.4. The fraction of sp³-hybridized carbons (Fsp3) is 0.515. The number of fused-ring (bicyclic) bond motifs is 1. The molecule has 14 heteroatoms. The number of hydrogen-bond donors (Lipinski definition) is 9. The molecule has 1 aliphatic heterocycles. The monoisotopic (exact) mass is 654 g/mol. The normalized spacial score (nSPS) is 22.4. The molecule has 3 amide bonds. The zero-order chi connectivity index (χ0) is 34.1. The summed E-state index contributed by atoms with van der Waals surface area (Å²) in [5, 5.41) is 56.2. The molecule has 2 aromatic rings. The molecule has 4 rings (SSSR count). The van der Waals surface area contributed by atoms with Crippen molar-refractivity contribution in [3.8, 4) is 11.5 Å². The van der Waals surface area contributed by atoms with Gasteiger partial charge in [0, 0.05) is 25.4 Å². The Kier molecular flexibility index (Phi) is 12.4. The number of hydrogen-bond acceptors (Lipinski definition) is 9. The van der Waals surface area contributed by atoms with Gasteiger partial charge in [0.1, 0.15) is 29.7 Å². The molecule has 2 fully saturated rings. The third-order valence-electron chi connectivity index (χ3n) is 8.94. The summed E-state index contributed by atoms with van der Waals surface area (Å²) in [6.45, 7) is -0.0136. The Morgan fingerprint density at radius 3 is 2.13 bits per heavy atom. The largest absolute Gasteiger partial charge is 0.508 e. The number of aromatic hydroxyl groups is 2. The zero-order valence-electron chi connectivity index (χ0n) is 26.2. The molecule has 2 aliphatic rings. The first kappa shape index (κ1) is 35.5. The number of nitrogens with two attached hydrogens (primary N) is 2. The summed E-state index contributed by atoms with van der Waals surface area (Å²) >= 11 is 0. The Bertz CT molecular complexity index is 1380. The maximum Gasteiger partial charge on any atom is 0.249 e. The maximum atomic E-state index is 14.5. The van der Waals surface area contributed by atoms with Gasteiger partial charge < -0.3 is 52.5 Å². The smallest absolute Gasteiger partial charge is 0.249 e. The second-order valence-electron chi connectivity index (χ2n) is 12.4. The van der Waals surface area contributed by atoms with Gasteiger partial charge in [-0.15, -0.1) is 0 Å². The molecule has 1 saturated carbocycles. The highest BCUT2D eigenvalue weighted by Gasteiger charge is 2.50. The van der Waals surface area contributed by atoms with Gasteiger partial charge in [-0.25, -0.2) is 0 Å². The number of phenols is 2. The van der Waals surface area contributed by atoms with Crippen LogP contribution < -0.4 is 22.1 Å². The minimum Gasteiger partial charge on any atom is -0.508 e. The van der Waals surface area contributed by atoms with Crippen LogP contribution in [0.15, 0.2) is 53.5 Å². The second-order valence-corrected chi connectivity index (χ2v) is 12.4. The van der Waals surface area contributed by atoms with Gasteiger partial charge in [0.15, 0.2) is 5.96 Å². The van der Waals surface area contributed by atoms with Crippen molar-refractivity contribution in [2.75, 3.05) is 13.2 Å². The number of nitrogens with zero attached hydrogens (tertiary/aromatic N) is 2. The zero-order valence-corrected chi connectivity index (χ0v) is 26.2. The maximum absolute atomic E-state index is 14.5. The van der Waals surface area contributed by atoms with Crippen molar-refractivity contribution in [1.29, 1.82) is 0 Å². The number of aliphatic imine (C=N–C) groups is 1. The number of carbonyl (C=O) groups is 3. The molecule has 1 saturated heterocycles. The van der Waals surface area contributed by atoms with E-state index in [0.717, 1.165) is 0 Å². The first-order valence-electron chi connectivity index (χ1n) is 16.0. The molecule has 0 bridgehead atoms. The Labute approximate surface area is 273 Å². The van der Waals surface area contributed by atoms with Gasteiger partial charge >= 0.3 is 0 Å². The lowest BCUT2D eigenvalue weighted by molar-refractivity contribution is -0.145. The Balaban J connectivity index is 1.57. The van der Waals surface area contributed by atoms with E-state index in [2.05, 4.69) is 15.6 Å². The topological polar surface area (TPSA) is 244 Å². The molecular formula is C33H46N6O8. The molecule has 1 heterocycles. The third-order valence-corrected chi connectivity index (χ3v) is 8.94. The van der Waals surface area contributed by atoms with Crippen molar-refractivity contribution in [1.82, 2.24) is 15.5 Å². The average Bonchev–Trinajstić information content (AvgIpc) is 3.42. The number of aliphatic hydroxyl groups excluding tert-OH is 3. The van der Waals surface area contributed by atoms with Crippen molar-refractivity contribution < 1.29 is 39.9 Å². The van der Waals surface area contributed by atoms with Crippen LogP contribution in [0.4, 0.5) is 0 Å². The Morgan fingerprint density at radius 1 is 0.915 bits per heavy atom. The van der Waals surface area contributed by atoms with Crippen LogP contribution in [0.2, 0.25) is 0 Å². The lowest BCUT2D eigenvalue weighted by Crippen LogP contribution is -2.59. The molecule has 7 atom stereocenters. The first-order valence-corrected chi connectivity index (χ1v) is 16.0. The first-order chi connectivity index (χ1) is 22.4. The van der Waals surface area contributed by atoms with Gasteiger partial charge in [0.05, 0.1) is 18.8 Å². The van der Waals surface area contributed by atoms with Crippen molar-refractivity contribution in [2.24, 2.45) is 22.4 Å². The van der Waals surface area contributed by atoms with E-state index in [1.807, 2.05) is 0 Å². The van der Waals surface area contributed by atoms with Crippen LogP contribution in [-0.2, 0) is 27.2 Å². The number of guanidine groups is 1. The standard InChI is InChI=1S/C33H46N6O8/c34-33(35)36-13-1-2-22(18-40)37-30(45)28-16-21-7-12-25(43)17-27(21)39(28)32(47)26(14-19-3-8-23(41)9-4-19)38-31(46)29(44)15-20-5-10-24(42)11-6-20/h3-6,8-11,21-22,25-29,40-44H,1-2,7,12-18H2,(H,37,45)(H,38,46)(H4,34,35,36)/t21-,22+,25+,26+,27-,28-,29+/m0/s1. The number of amides is 3. The van der Waals surface area contributed by atoms with Crippen LogP contribution in [-0.4, -0.2) is 104 Å². The fourth-order valence-electron chi connectivity index (χ4n) is 6.50. The van der Waals surface area contributed by atoms with E-state index in [4.69, 9.17) is 11.5 Å². The number of carbonyl (C=O) groups excluding carboxylic acids is 3. The van der Waals surface area contributed by atoms with Gasteiger partial charge in [-0.3, -0.25) is 19.4 Å². The summed E-state index contributed by atoms with van der Waals surface area (Å²) in [4.78, 5) is 46.9. The molecule has 1 aliphatic carbocycles. The van der Waals surface area contributed by atoms with Gasteiger partial charge in [-0.2, -0.15) is 0 Å². The van der Waals surface area contributed by atoms with Crippen LogP contribution in [0.3, 0.4) is 0 Å². The highest BCUT2D eigenvalue weighted by Crippen LogP contribution is 2.40. The molecule has 14 nitrogen and oxygen atoms in total. The summed E-state index contributed by atoms with van der Waals surface area (Å²) in [5.74, 6) is -1.84. The lowest BCUT2D eigenvalue weighted by atomic mass is 9.83. The molecule has 47 heavy (non-hydrogen) atoms. The quantitative estimate of drug-likeness (QED) is 0.0711. The third kappa shape index (κ3) is 9.80. The molecular weight excluding hydrogens is 608 g/mol. The van der Waals surface area contributed by atoms with E-state index in [1.165, 1.54) is 29.2 Å². The Morgan fingerprint density at radius 2 is 1.53 bits per heavy atom. The van der Waals surface area contributed by atoms with Crippen molar-refractivity contribution in [3.63, 3.8) is 0 Å². The molecule has 11 N–H and O–H groups in total. The van der Waals surface area contributed by atoms with Crippen LogP contribution in [0.25, 0.3) is 0 Å². The highest BCUT2D eigenvalue weighted by atomic mass is 16.3. The molecule has 0 aromatic heterocycles. The van der Waals surface area contributed by atoms with E-state index in [9.17, 15) is 39.9 Å². The van der Waals surface area contributed by atoms with Crippen molar-refractivity contribution >= 4 is 23.7 Å². The predicted octanol–water partition coefficient (Wildman–Crippen LogP) is -0.610. The highest BCUT2D eigenvalue weighted by molar-refractivity contribution is 5.94. The number of phenolic OH excluding ortho intramolecular Hbond substituents is 2. The van der Waals surface area contributed by atoms with Gasteiger partial charge in [-0.05, 0) is 79.8 Å². The van der Waals surface area contributed by atoms with E-state index >= 15 is 0 Å². The summed E-state index contributed by atoms with van der Waals surface area (Å²) in [6.07, 6.45) is 0.434. The Hall–Kier alpha value is -4.40. The number of aliphatic hydroxyl groups is 3. The SMILES string of the molecule is NC(N)=NCCC[C@H](CO)NC(=O)[C@@H]1C[C@@H]2CC[C@@H](O)C[C@@H]2N1C(=O)[C@@H](Cc1ccc(O)cc1)NC(=O)[C@H](O)Cc1ccc(O)cc1. The number of rotatable bonds is 14. The summed E-state index contributed by atoms with van der Waals surface area (Å²) in [6, 6.07) is 9.00. The van der Waals surface area contributed by atoms with Gasteiger partial charge in [-0.1, -0.05) is 24.3 Å². The van der Waals surface area contributed by atoms with E-state index in [-0.39, 0.29) is 49.2 Å². The molecule has 0 radical (unpaired) electrons. The van der Waals surface area contributed by atoms with E-state index in [0.29, 0.717) is 49.8 Å². The van der Waals surface area contributed by atoms with E-state index in [1.54, 1.807) is 24.3 Å². The molecule has 256 valence electrons. The number of nitrogens with one attached hydrogen (secondary N) is 2. The predicted molar refractivity (Wildman–Crippen MR) is 173 cm³/mol. The van der Waals surface area contributed by atoms with Crippen LogP contribution in [0.5, 0.6) is 11.5 Å². The number of likely N-dealkylation sites (tertiary alicyclic amines) is 1. The van der Waals surface area contributed by atoms with Crippen LogP contribution >= 0.6 is 0 Å². The van der Waals surface area contributed by atoms with E-state index < -0.39 is 54.1 Å². The minimum atomic E-state index is -1.51. The minimum absolute atomic E-state index is 0.00557. The average molecular weight is 655 g/mol. The van der Waals surface area contributed by atoms with Crippen molar-refractivity contribution in [3.05, 3.63) is 59.7 Å². The summed E-state index contributed by atoms with van der Waals surface area (Å²) < 4.78 is 0. The summed E-state index contributed by atoms with van der Waals surface area (Å²) in [5.41, 5.74) is 12.0. The van der Waals surface area contributed by atoms with Crippen molar-refractivity contribution in [2.45, 2.75) is 87.7 Å². The number of benzene rings is 2. The molecule has 0 spiro atoms. The molecule has 2 aromatic carbocycles. The van der Waals surface area contributed by atoms with Crippen LogP contribution in [0, 0.1) is 5.92 Å². The van der Waals surface area contributed by atoms with Crippen LogP contribution in [0.1, 0.15) is 49.7 Å².